The highest BCUT2D eigenvalue weighted by molar-refractivity contribution is 5.73. The molecular weight excluding hydrogens is 274 g/mol. The number of likely N-dealkylation sites (N-methyl/N-ethyl adjacent to an activating group) is 1. The van der Waals surface area contributed by atoms with Crippen LogP contribution in [0.15, 0.2) is 42.5 Å². The quantitative estimate of drug-likeness (QED) is 0.794. The van der Waals surface area contributed by atoms with E-state index in [2.05, 4.69) is 39.8 Å². The van der Waals surface area contributed by atoms with Gasteiger partial charge in [0.25, 0.3) is 0 Å². The number of hydrogen-bond acceptors (Lipinski definition) is 2. The Morgan fingerprint density at radius 2 is 2.00 bits per heavy atom. The van der Waals surface area contributed by atoms with Crippen LogP contribution in [0.2, 0.25) is 0 Å². The van der Waals surface area contributed by atoms with Crippen LogP contribution in [0.3, 0.4) is 0 Å². The van der Waals surface area contributed by atoms with Crippen molar-refractivity contribution in [3.63, 3.8) is 0 Å². The smallest absolute Gasteiger partial charge is 0.314 e. The molecule has 1 aromatic carbocycles. The topological polar surface area (TPSA) is 44.4 Å². The molecule has 1 aliphatic rings. The summed E-state index contributed by atoms with van der Waals surface area (Å²) in [5, 5.41) is 5.99. The Hall–Kier alpha value is -1.81. The highest BCUT2D eigenvalue weighted by Crippen LogP contribution is 2.17. The van der Waals surface area contributed by atoms with Crippen molar-refractivity contribution in [2.24, 2.45) is 5.92 Å². The highest BCUT2D eigenvalue weighted by Gasteiger charge is 2.15. The molecule has 0 saturated heterocycles. The summed E-state index contributed by atoms with van der Waals surface area (Å²) in [4.78, 5) is 14.1. The van der Waals surface area contributed by atoms with Crippen LogP contribution in [0, 0.1) is 5.92 Å². The van der Waals surface area contributed by atoms with Gasteiger partial charge < -0.3 is 15.5 Å². The summed E-state index contributed by atoms with van der Waals surface area (Å²) >= 11 is 0. The summed E-state index contributed by atoms with van der Waals surface area (Å²) in [6.45, 7) is 1.36. The Kier molecular flexibility index (Phi) is 6.46. The minimum atomic E-state index is -0.0719. The van der Waals surface area contributed by atoms with Gasteiger partial charge in [-0.3, -0.25) is 0 Å². The molecule has 2 rings (SSSR count). The van der Waals surface area contributed by atoms with Crippen LogP contribution in [0.4, 0.5) is 4.79 Å². The van der Waals surface area contributed by atoms with Crippen molar-refractivity contribution in [3.8, 4) is 0 Å². The van der Waals surface area contributed by atoms with Gasteiger partial charge in [-0.15, -0.1) is 0 Å². The van der Waals surface area contributed by atoms with E-state index >= 15 is 0 Å². The van der Waals surface area contributed by atoms with Crippen molar-refractivity contribution in [2.75, 3.05) is 27.2 Å². The fraction of sp³-hybridized carbons (Fsp3) is 0.500. The third-order valence-electron chi connectivity index (χ3n) is 4.19. The zero-order valence-electron chi connectivity index (χ0n) is 13.6. The third kappa shape index (κ3) is 5.19. The maximum atomic E-state index is 12.0. The number of rotatable bonds is 6. The maximum absolute atomic E-state index is 12.0. The van der Waals surface area contributed by atoms with E-state index in [0.29, 0.717) is 12.5 Å². The van der Waals surface area contributed by atoms with Crippen LogP contribution < -0.4 is 10.6 Å². The van der Waals surface area contributed by atoms with E-state index in [1.165, 1.54) is 12.0 Å². The summed E-state index contributed by atoms with van der Waals surface area (Å²) in [5.41, 5.74) is 1.21. The van der Waals surface area contributed by atoms with Gasteiger partial charge in [0.2, 0.25) is 0 Å². The molecule has 2 amide bonds. The predicted octanol–water partition coefficient (Wildman–Crippen LogP) is 2.94. The van der Waals surface area contributed by atoms with Gasteiger partial charge in [0.1, 0.15) is 0 Å². The molecule has 2 N–H and O–H groups in total. The number of carbonyl (C=O) groups excluding carboxylic acids is 1. The Morgan fingerprint density at radius 3 is 2.64 bits per heavy atom. The van der Waals surface area contributed by atoms with Gasteiger partial charge in [-0.2, -0.15) is 0 Å². The molecule has 4 nitrogen and oxygen atoms in total. The van der Waals surface area contributed by atoms with Crippen molar-refractivity contribution in [1.29, 1.82) is 0 Å². The Morgan fingerprint density at radius 1 is 1.23 bits per heavy atom. The maximum Gasteiger partial charge on any atom is 0.314 e. The third-order valence-corrected chi connectivity index (χ3v) is 4.19. The molecule has 120 valence electrons. The molecule has 4 heteroatoms. The van der Waals surface area contributed by atoms with Crippen LogP contribution in [0.25, 0.3) is 0 Å². The first-order chi connectivity index (χ1) is 10.7. The van der Waals surface area contributed by atoms with Gasteiger partial charge in [0.05, 0.1) is 6.04 Å². The fourth-order valence-corrected chi connectivity index (χ4v) is 2.80. The molecule has 1 aromatic rings. The predicted molar refractivity (Wildman–Crippen MR) is 90.8 cm³/mol. The molecule has 2 unspecified atom stereocenters. The molecule has 1 aliphatic carbocycles. The Balaban J connectivity index is 1.77. The van der Waals surface area contributed by atoms with E-state index in [0.717, 1.165) is 19.4 Å². The minimum absolute atomic E-state index is 0.0719. The molecule has 0 aromatic heterocycles. The number of urea groups is 1. The first-order valence-electron chi connectivity index (χ1n) is 8.05. The second-order valence-electron chi connectivity index (χ2n) is 6.13. The van der Waals surface area contributed by atoms with Gasteiger partial charge in [-0.05, 0) is 44.8 Å². The van der Waals surface area contributed by atoms with Gasteiger partial charge >= 0.3 is 6.03 Å². The number of allylic oxidation sites excluding steroid dienone is 2. The Labute approximate surface area is 133 Å². The van der Waals surface area contributed by atoms with Crippen LogP contribution >= 0.6 is 0 Å². The largest absolute Gasteiger partial charge is 0.338 e. The average molecular weight is 301 g/mol. The summed E-state index contributed by atoms with van der Waals surface area (Å²) in [6, 6.07) is 10.4. The number of hydrogen-bond donors (Lipinski definition) is 2. The minimum Gasteiger partial charge on any atom is -0.338 e. The monoisotopic (exact) mass is 301 g/mol. The molecule has 0 aliphatic heterocycles. The van der Waals surface area contributed by atoms with Crippen molar-refractivity contribution in [3.05, 3.63) is 48.0 Å². The zero-order chi connectivity index (χ0) is 15.8. The van der Waals surface area contributed by atoms with Crippen molar-refractivity contribution in [1.82, 2.24) is 15.5 Å². The second-order valence-corrected chi connectivity index (χ2v) is 6.13. The van der Waals surface area contributed by atoms with Gasteiger partial charge in [0, 0.05) is 13.1 Å². The Bertz CT molecular complexity index is 484. The number of benzene rings is 1. The molecule has 2 atom stereocenters. The van der Waals surface area contributed by atoms with Crippen molar-refractivity contribution >= 4 is 6.03 Å². The number of nitrogens with one attached hydrogen (secondary N) is 2. The van der Waals surface area contributed by atoms with Crippen LogP contribution in [-0.4, -0.2) is 38.1 Å². The van der Waals surface area contributed by atoms with Crippen molar-refractivity contribution < 1.29 is 4.79 Å². The molecule has 0 saturated carbocycles. The standard InChI is InChI=1S/C18H27N3O/c1-21(2)17(16-11-7-4-8-12-16)14-20-18(22)19-13-15-9-5-3-6-10-15/h3-5,7-8,11-12,15,17H,6,9-10,13-14H2,1-2H3,(H2,19,20,22). The van der Waals surface area contributed by atoms with Crippen LogP contribution in [0.5, 0.6) is 0 Å². The van der Waals surface area contributed by atoms with E-state index in [-0.39, 0.29) is 12.1 Å². The zero-order valence-corrected chi connectivity index (χ0v) is 13.6. The average Bonchev–Trinajstić information content (AvgIpc) is 2.55. The van der Waals surface area contributed by atoms with Crippen LogP contribution in [0.1, 0.15) is 30.9 Å². The molecule has 0 heterocycles. The van der Waals surface area contributed by atoms with E-state index < -0.39 is 0 Å². The molecule has 0 bridgehead atoms. The van der Waals surface area contributed by atoms with E-state index in [1.54, 1.807) is 0 Å². The molecule has 0 fully saturated rings. The molecule has 0 radical (unpaired) electrons. The van der Waals surface area contributed by atoms with Crippen molar-refractivity contribution in [2.45, 2.75) is 25.3 Å². The molecular formula is C18H27N3O. The lowest BCUT2D eigenvalue weighted by molar-refractivity contribution is 0.230. The lowest BCUT2D eigenvalue weighted by Gasteiger charge is -2.25. The SMILES string of the molecule is CN(C)C(CNC(=O)NCC1CC=CCC1)c1ccccc1. The van der Waals surface area contributed by atoms with E-state index in [4.69, 9.17) is 0 Å². The van der Waals surface area contributed by atoms with Gasteiger partial charge in [-0.1, -0.05) is 42.5 Å². The summed E-state index contributed by atoms with van der Waals surface area (Å²) in [6.07, 6.45) is 7.81. The van der Waals surface area contributed by atoms with Gasteiger partial charge in [-0.25, -0.2) is 4.79 Å². The first-order valence-corrected chi connectivity index (χ1v) is 8.05. The number of amides is 2. The summed E-state index contributed by atoms with van der Waals surface area (Å²) < 4.78 is 0. The highest BCUT2D eigenvalue weighted by atomic mass is 16.2. The lowest BCUT2D eigenvalue weighted by atomic mass is 9.94. The normalized spacial score (nSPS) is 19.0. The number of nitrogens with zero attached hydrogens (tertiary/aromatic N) is 1. The summed E-state index contributed by atoms with van der Waals surface area (Å²) in [5.74, 6) is 0.578. The molecule has 22 heavy (non-hydrogen) atoms. The first kappa shape index (κ1) is 16.6. The number of carbonyl (C=O) groups is 1. The van der Waals surface area contributed by atoms with Gasteiger partial charge in [0.15, 0.2) is 0 Å². The fourth-order valence-electron chi connectivity index (χ4n) is 2.80. The molecule has 0 spiro atoms. The lowest BCUT2D eigenvalue weighted by Crippen LogP contribution is -2.42. The van der Waals surface area contributed by atoms with E-state index in [9.17, 15) is 4.79 Å². The van der Waals surface area contributed by atoms with E-state index in [1.807, 2.05) is 32.3 Å². The second kappa shape index (κ2) is 8.59. The summed E-state index contributed by atoms with van der Waals surface area (Å²) in [7, 11) is 4.07. The van der Waals surface area contributed by atoms with Crippen LogP contribution in [-0.2, 0) is 0 Å².